The lowest BCUT2D eigenvalue weighted by Gasteiger charge is -2.10. The van der Waals surface area contributed by atoms with Gasteiger partial charge in [-0.15, -0.1) is 0 Å². The van der Waals surface area contributed by atoms with Crippen LogP contribution in [0, 0.1) is 0 Å². The molecule has 1 aliphatic heterocycles. The van der Waals surface area contributed by atoms with Crippen molar-refractivity contribution in [1.29, 1.82) is 0 Å². The Labute approximate surface area is 56.3 Å². The number of hydrogen-bond acceptors (Lipinski definition) is 2. The van der Waals surface area contributed by atoms with Crippen molar-refractivity contribution in [2.24, 2.45) is 0 Å². The Hall–Kier alpha value is -0.0800. The summed E-state index contributed by atoms with van der Waals surface area (Å²) in [5.74, 6) is 0. The molecule has 1 aliphatic rings. The van der Waals surface area contributed by atoms with E-state index in [4.69, 9.17) is 5.11 Å². The maximum absolute atomic E-state index is 8.97. The SMILES string of the molecule is CC(O)C[C@@H]1CCCN1. The zero-order valence-electron chi connectivity index (χ0n) is 5.93. The Balaban J connectivity index is 2.11. The average Bonchev–Trinajstić information content (AvgIpc) is 2.15. The van der Waals surface area contributed by atoms with Gasteiger partial charge in [0.05, 0.1) is 6.10 Å². The van der Waals surface area contributed by atoms with Gasteiger partial charge in [-0.3, -0.25) is 0 Å². The molecule has 0 aliphatic carbocycles. The van der Waals surface area contributed by atoms with Crippen LogP contribution in [0.2, 0.25) is 0 Å². The number of aliphatic hydroxyl groups is 1. The summed E-state index contributed by atoms with van der Waals surface area (Å²) in [5.41, 5.74) is 0. The van der Waals surface area contributed by atoms with Crippen molar-refractivity contribution in [3.8, 4) is 0 Å². The van der Waals surface area contributed by atoms with E-state index in [0.29, 0.717) is 6.04 Å². The summed E-state index contributed by atoms with van der Waals surface area (Å²) >= 11 is 0. The van der Waals surface area contributed by atoms with Gasteiger partial charge in [0, 0.05) is 6.04 Å². The smallest absolute Gasteiger partial charge is 0.0526 e. The second-order valence-electron chi connectivity index (χ2n) is 2.88. The zero-order valence-corrected chi connectivity index (χ0v) is 5.93. The largest absolute Gasteiger partial charge is 0.393 e. The van der Waals surface area contributed by atoms with Crippen LogP contribution in [0.3, 0.4) is 0 Å². The molecule has 1 rings (SSSR count). The fourth-order valence-electron chi connectivity index (χ4n) is 1.37. The second-order valence-corrected chi connectivity index (χ2v) is 2.88. The summed E-state index contributed by atoms with van der Waals surface area (Å²) in [6.45, 7) is 2.98. The van der Waals surface area contributed by atoms with Crippen LogP contribution >= 0.6 is 0 Å². The van der Waals surface area contributed by atoms with E-state index in [0.717, 1.165) is 13.0 Å². The lowest BCUT2D eigenvalue weighted by Crippen LogP contribution is -2.25. The van der Waals surface area contributed by atoms with Crippen LogP contribution in [0.15, 0.2) is 0 Å². The van der Waals surface area contributed by atoms with Gasteiger partial charge in [0.2, 0.25) is 0 Å². The van der Waals surface area contributed by atoms with Crippen molar-refractivity contribution >= 4 is 0 Å². The van der Waals surface area contributed by atoms with E-state index in [1.807, 2.05) is 6.92 Å². The molecular formula is C7H15NO. The van der Waals surface area contributed by atoms with E-state index >= 15 is 0 Å². The van der Waals surface area contributed by atoms with Gasteiger partial charge in [-0.05, 0) is 32.7 Å². The lowest BCUT2D eigenvalue weighted by molar-refractivity contribution is 0.171. The van der Waals surface area contributed by atoms with E-state index in [-0.39, 0.29) is 6.10 Å². The molecule has 1 heterocycles. The third-order valence-electron chi connectivity index (χ3n) is 1.79. The number of aliphatic hydroxyl groups excluding tert-OH is 1. The second kappa shape index (κ2) is 3.18. The minimum absolute atomic E-state index is 0.138. The molecule has 2 N–H and O–H groups in total. The minimum atomic E-state index is -0.138. The molecule has 1 saturated heterocycles. The van der Waals surface area contributed by atoms with Gasteiger partial charge >= 0.3 is 0 Å². The maximum Gasteiger partial charge on any atom is 0.0526 e. The van der Waals surface area contributed by atoms with Crippen molar-refractivity contribution in [1.82, 2.24) is 5.32 Å². The predicted octanol–water partition coefficient (Wildman–Crippen LogP) is 0.509. The van der Waals surface area contributed by atoms with Gasteiger partial charge in [0.15, 0.2) is 0 Å². The number of nitrogens with one attached hydrogen (secondary N) is 1. The summed E-state index contributed by atoms with van der Waals surface area (Å²) < 4.78 is 0. The highest BCUT2D eigenvalue weighted by molar-refractivity contribution is 4.75. The third kappa shape index (κ3) is 2.33. The van der Waals surface area contributed by atoms with Gasteiger partial charge in [0.25, 0.3) is 0 Å². The Kier molecular flexibility index (Phi) is 2.49. The summed E-state index contributed by atoms with van der Waals surface area (Å²) in [6.07, 6.45) is 3.29. The Morgan fingerprint density at radius 3 is 3.00 bits per heavy atom. The molecule has 0 amide bonds. The van der Waals surface area contributed by atoms with Gasteiger partial charge < -0.3 is 10.4 Å². The number of hydrogen-bond donors (Lipinski definition) is 2. The highest BCUT2D eigenvalue weighted by Gasteiger charge is 2.14. The molecule has 2 heteroatoms. The van der Waals surface area contributed by atoms with E-state index < -0.39 is 0 Å². The molecule has 0 aromatic heterocycles. The first kappa shape index (κ1) is 7.03. The normalized spacial score (nSPS) is 30.7. The first-order valence-electron chi connectivity index (χ1n) is 3.70. The number of rotatable bonds is 2. The van der Waals surface area contributed by atoms with Crippen molar-refractivity contribution in [2.45, 2.75) is 38.3 Å². The molecule has 2 nitrogen and oxygen atoms in total. The van der Waals surface area contributed by atoms with Gasteiger partial charge in [-0.1, -0.05) is 0 Å². The van der Waals surface area contributed by atoms with Crippen LogP contribution < -0.4 is 5.32 Å². The molecule has 1 fully saturated rings. The Morgan fingerprint density at radius 2 is 2.56 bits per heavy atom. The van der Waals surface area contributed by atoms with Gasteiger partial charge in [0.1, 0.15) is 0 Å². The van der Waals surface area contributed by atoms with Crippen LogP contribution in [0.4, 0.5) is 0 Å². The molecule has 2 atom stereocenters. The highest BCUT2D eigenvalue weighted by atomic mass is 16.3. The monoisotopic (exact) mass is 129 g/mol. The van der Waals surface area contributed by atoms with Gasteiger partial charge in [-0.2, -0.15) is 0 Å². The van der Waals surface area contributed by atoms with Crippen molar-refractivity contribution in [3.05, 3.63) is 0 Å². The molecular weight excluding hydrogens is 114 g/mol. The molecule has 0 bridgehead atoms. The molecule has 1 unspecified atom stereocenters. The molecule has 0 aromatic rings. The Bertz CT molecular complexity index is 77.0. The van der Waals surface area contributed by atoms with E-state index in [1.54, 1.807) is 0 Å². The fraction of sp³-hybridized carbons (Fsp3) is 1.00. The molecule has 9 heavy (non-hydrogen) atoms. The molecule has 0 saturated carbocycles. The van der Waals surface area contributed by atoms with Crippen LogP contribution in [-0.4, -0.2) is 23.8 Å². The van der Waals surface area contributed by atoms with Crippen molar-refractivity contribution < 1.29 is 5.11 Å². The summed E-state index contributed by atoms with van der Waals surface area (Å²) in [7, 11) is 0. The summed E-state index contributed by atoms with van der Waals surface area (Å²) in [4.78, 5) is 0. The van der Waals surface area contributed by atoms with Crippen LogP contribution in [-0.2, 0) is 0 Å². The first-order chi connectivity index (χ1) is 4.29. The minimum Gasteiger partial charge on any atom is -0.393 e. The average molecular weight is 129 g/mol. The summed E-state index contributed by atoms with van der Waals surface area (Å²) in [5, 5.41) is 12.3. The highest BCUT2D eigenvalue weighted by Crippen LogP contribution is 2.09. The van der Waals surface area contributed by atoms with Crippen molar-refractivity contribution in [2.75, 3.05) is 6.54 Å². The van der Waals surface area contributed by atoms with Crippen molar-refractivity contribution in [3.63, 3.8) is 0 Å². The topological polar surface area (TPSA) is 32.3 Å². The molecule has 54 valence electrons. The van der Waals surface area contributed by atoms with Crippen LogP contribution in [0.1, 0.15) is 26.2 Å². The maximum atomic E-state index is 8.97. The Morgan fingerprint density at radius 1 is 1.78 bits per heavy atom. The predicted molar refractivity (Wildman–Crippen MR) is 37.3 cm³/mol. The van der Waals surface area contributed by atoms with Crippen LogP contribution in [0.5, 0.6) is 0 Å². The molecule has 0 aromatic carbocycles. The first-order valence-corrected chi connectivity index (χ1v) is 3.70. The quantitative estimate of drug-likeness (QED) is 0.569. The summed E-state index contributed by atoms with van der Waals surface area (Å²) in [6, 6.07) is 0.588. The fourth-order valence-corrected chi connectivity index (χ4v) is 1.37. The van der Waals surface area contributed by atoms with Crippen LogP contribution in [0.25, 0.3) is 0 Å². The molecule has 0 spiro atoms. The molecule has 0 radical (unpaired) electrons. The van der Waals surface area contributed by atoms with E-state index in [1.165, 1.54) is 12.8 Å². The lowest BCUT2D eigenvalue weighted by atomic mass is 10.1. The van der Waals surface area contributed by atoms with Gasteiger partial charge in [-0.25, -0.2) is 0 Å². The zero-order chi connectivity index (χ0) is 6.69. The van der Waals surface area contributed by atoms with E-state index in [2.05, 4.69) is 5.32 Å². The van der Waals surface area contributed by atoms with E-state index in [9.17, 15) is 0 Å². The standard InChI is InChI=1S/C7H15NO/c1-6(9)5-7-3-2-4-8-7/h6-9H,2-5H2,1H3/t6?,7-/m0/s1. The third-order valence-corrected chi connectivity index (χ3v) is 1.79.